The van der Waals surface area contributed by atoms with Crippen molar-refractivity contribution in [1.82, 2.24) is 5.16 Å². The molecule has 0 spiro atoms. The second kappa shape index (κ2) is 4.24. The van der Waals surface area contributed by atoms with Crippen molar-refractivity contribution in [2.24, 2.45) is 7.05 Å². The van der Waals surface area contributed by atoms with Crippen molar-refractivity contribution in [3.8, 4) is 11.3 Å². The smallest absolute Gasteiger partial charge is 0.170 e. The fourth-order valence-corrected chi connectivity index (χ4v) is 1.22. The second-order valence-electron chi connectivity index (χ2n) is 3.09. The molecule has 0 unspecified atom stereocenters. The molecular weight excluding hydrogens is 200 g/mol. The van der Waals surface area contributed by atoms with Gasteiger partial charge in [0.1, 0.15) is 7.05 Å². The zero-order valence-electron chi connectivity index (χ0n) is 8.07. The summed E-state index contributed by atoms with van der Waals surface area (Å²) in [6.45, 7) is 1.98. The van der Waals surface area contributed by atoms with Gasteiger partial charge < -0.3 is 16.9 Å². The Balaban J connectivity index is 0.000000980. The predicted octanol–water partition coefficient (Wildman–Crippen LogP) is -1.52. The predicted molar refractivity (Wildman–Crippen MR) is 47.9 cm³/mol. The third kappa shape index (κ3) is 1.93. The van der Waals surface area contributed by atoms with Crippen molar-refractivity contribution in [3.05, 3.63) is 36.3 Å². The molecule has 0 aliphatic heterocycles. The third-order valence-electron chi connectivity index (χ3n) is 1.99. The summed E-state index contributed by atoms with van der Waals surface area (Å²) in [5.41, 5.74) is 2.13. The van der Waals surface area contributed by atoms with Gasteiger partial charge in [0, 0.05) is 23.3 Å². The maximum Gasteiger partial charge on any atom is 0.170 e. The van der Waals surface area contributed by atoms with E-state index in [4.69, 9.17) is 4.52 Å². The first-order valence-corrected chi connectivity index (χ1v) is 4.14. The van der Waals surface area contributed by atoms with E-state index in [9.17, 15) is 0 Å². The molecule has 2 rings (SSSR count). The van der Waals surface area contributed by atoms with Crippen molar-refractivity contribution in [2.75, 3.05) is 0 Å². The van der Waals surface area contributed by atoms with Gasteiger partial charge in [-0.15, -0.1) is 0 Å². The number of hydrogen-bond donors (Lipinski definition) is 0. The Kier molecular flexibility index (Phi) is 3.25. The second-order valence-corrected chi connectivity index (χ2v) is 3.09. The van der Waals surface area contributed by atoms with E-state index in [1.54, 1.807) is 6.20 Å². The van der Waals surface area contributed by atoms with Crippen LogP contribution in [0.15, 0.2) is 35.2 Å². The molecule has 0 atom stereocenters. The van der Waals surface area contributed by atoms with E-state index in [2.05, 4.69) is 5.16 Å². The zero-order chi connectivity index (χ0) is 9.26. The van der Waals surface area contributed by atoms with E-state index in [-0.39, 0.29) is 12.4 Å². The maximum absolute atomic E-state index is 5.13. The van der Waals surface area contributed by atoms with E-state index in [0.717, 1.165) is 16.9 Å². The normalized spacial score (nSPS) is 9.57. The van der Waals surface area contributed by atoms with Crippen molar-refractivity contribution in [3.63, 3.8) is 0 Å². The highest BCUT2D eigenvalue weighted by Crippen LogP contribution is 2.20. The molecular formula is C10H11ClN2O. The Hall–Kier alpha value is -1.35. The van der Waals surface area contributed by atoms with Crippen molar-refractivity contribution >= 4 is 0 Å². The number of aromatic nitrogens is 2. The molecule has 0 radical (unpaired) electrons. The summed E-state index contributed by atoms with van der Waals surface area (Å²) < 4.78 is 7.11. The molecule has 2 aromatic rings. The number of hydrogen-bond acceptors (Lipinski definition) is 2. The summed E-state index contributed by atoms with van der Waals surface area (Å²) in [5, 5.41) is 3.74. The molecule has 2 aromatic heterocycles. The molecule has 0 aliphatic rings. The lowest BCUT2D eigenvalue weighted by molar-refractivity contribution is -0.671. The Morgan fingerprint density at radius 3 is 2.43 bits per heavy atom. The summed E-state index contributed by atoms with van der Waals surface area (Å²) in [4.78, 5) is 0. The maximum atomic E-state index is 5.13. The monoisotopic (exact) mass is 210 g/mol. The molecule has 3 nitrogen and oxygen atoms in total. The van der Waals surface area contributed by atoms with Crippen LogP contribution in [0.2, 0.25) is 0 Å². The first-order valence-electron chi connectivity index (χ1n) is 4.14. The molecule has 0 fully saturated rings. The Labute approximate surface area is 88.8 Å². The van der Waals surface area contributed by atoms with Crippen LogP contribution in [0.5, 0.6) is 0 Å². The van der Waals surface area contributed by atoms with Crippen LogP contribution in [0.4, 0.5) is 0 Å². The molecule has 0 saturated carbocycles. The molecule has 0 bridgehead atoms. The van der Waals surface area contributed by atoms with Crippen LogP contribution in [-0.2, 0) is 7.05 Å². The van der Waals surface area contributed by atoms with Gasteiger partial charge in [-0.05, 0) is 6.92 Å². The molecule has 0 aromatic carbocycles. The van der Waals surface area contributed by atoms with Gasteiger partial charge in [0.15, 0.2) is 18.2 Å². The van der Waals surface area contributed by atoms with Gasteiger partial charge in [-0.3, -0.25) is 0 Å². The van der Waals surface area contributed by atoms with E-state index < -0.39 is 0 Å². The van der Waals surface area contributed by atoms with Gasteiger partial charge in [-0.1, -0.05) is 5.16 Å². The highest BCUT2D eigenvalue weighted by Gasteiger charge is 2.07. The molecule has 4 heteroatoms. The summed E-state index contributed by atoms with van der Waals surface area (Å²) in [6.07, 6.45) is 5.69. The van der Waals surface area contributed by atoms with Gasteiger partial charge in [-0.2, -0.15) is 0 Å². The summed E-state index contributed by atoms with van der Waals surface area (Å²) in [5.74, 6) is 0.848. The largest absolute Gasteiger partial charge is 1.00 e. The van der Waals surface area contributed by atoms with Crippen LogP contribution in [-0.4, -0.2) is 5.16 Å². The van der Waals surface area contributed by atoms with Crippen LogP contribution in [0.25, 0.3) is 11.3 Å². The van der Waals surface area contributed by atoms with Crippen molar-refractivity contribution in [1.29, 1.82) is 0 Å². The molecule has 2 heterocycles. The van der Waals surface area contributed by atoms with Crippen LogP contribution in [0.1, 0.15) is 5.56 Å². The fraction of sp³-hybridized carbons (Fsp3) is 0.200. The van der Waals surface area contributed by atoms with Gasteiger partial charge in [0.25, 0.3) is 0 Å². The number of aryl methyl sites for hydroxylation is 2. The van der Waals surface area contributed by atoms with E-state index in [1.165, 1.54) is 0 Å². The first kappa shape index (κ1) is 10.7. The lowest BCUT2D eigenvalue weighted by Crippen LogP contribution is -3.00. The van der Waals surface area contributed by atoms with Gasteiger partial charge in [0.05, 0.1) is 6.20 Å². The first-order chi connectivity index (χ1) is 6.27. The standard InChI is InChI=1S/C10H11N2O.ClH/c1-8-7-11-13-10(8)9-3-5-12(2)6-4-9;/h3-7H,1-2H3;1H/q+1;/p-1. The van der Waals surface area contributed by atoms with Gasteiger partial charge in [0.2, 0.25) is 0 Å². The lowest BCUT2D eigenvalue weighted by atomic mass is 10.1. The Bertz CT molecular complexity index is 408. The van der Waals surface area contributed by atoms with Crippen molar-refractivity contribution in [2.45, 2.75) is 6.92 Å². The quantitative estimate of drug-likeness (QED) is 0.535. The van der Waals surface area contributed by atoms with Gasteiger partial charge >= 0.3 is 0 Å². The average Bonchev–Trinajstić information content (AvgIpc) is 2.53. The number of pyridine rings is 1. The minimum absolute atomic E-state index is 0. The van der Waals surface area contributed by atoms with E-state index in [0.29, 0.717) is 0 Å². The Morgan fingerprint density at radius 2 is 1.93 bits per heavy atom. The van der Waals surface area contributed by atoms with E-state index in [1.807, 2.05) is 43.1 Å². The number of rotatable bonds is 1. The summed E-state index contributed by atoms with van der Waals surface area (Å²) >= 11 is 0. The fourth-order valence-electron chi connectivity index (χ4n) is 1.22. The van der Waals surface area contributed by atoms with Crippen LogP contribution < -0.4 is 17.0 Å². The SMILES string of the molecule is Cc1cnoc1-c1cc[n+](C)cc1.[Cl-]. The van der Waals surface area contributed by atoms with Gasteiger partial charge in [-0.25, -0.2) is 4.57 Å². The molecule has 74 valence electrons. The molecule has 0 saturated heterocycles. The molecule has 14 heavy (non-hydrogen) atoms. The number of nitrogens with zero attached hydrogens (tertiary/aromatic N) is 2. The minimum atomic E-state index is 0. The van der Waals surface area contributed by atoms with Crippen LogP contribution in [0, 0.1) is 6.92 Å². The highest BCUT2D eigenvalue weighted by molar-refractivity contribution is 5.58. The Morgan fingerprint density at radius 1 is 1.29 bits per heavy atom. The average molecular weight is 211 g/mol. The zero-order valence-corrected chi connectivity index (χ0v) is 8.82. The molecule has 0 amide bonds. The van der Waals surface area contributed by atoms with Crippen molar-refractivity contribution < 1.29 is 21.5 Å². The van der Waals surface area contributed by atoms with Crippen LogP contribution in [0.3, 0.4) is 0 Å². The lowest BCUT2D eigenvalue weighted by Gasteiger charge is -1.94. The minimum Gasteiger partial charge on any atom is -1.00 e. The number of halogens is 1. The highest BCUT2D eigenvalue weighted by atomic mass is 35.5. The summed E-state index contributed by atoms with van der Waals surface area (Å²) in [7, 11) is 1.98. The van der Waals surface area contributed by atoms with E-state index >= 15 is 0 Å². The third-order valence-corrected chi connectivity index (χ3v) is 1.99. The summed E-state index contributed by atoms with van der Waals surface area (Å²) in [6, 6.07) is 4.01. The van der Waals surface area contributed by atoms with Crippen LogP contribution >= 0.6 is 0 Å². The molecule has 0 aliphatic carbocycles. The topological polar surface area (TPSA) is 29.9 Å². The molecule has 0 N–H and O–H groups in total.